The summed E-state index contributed by atoms with van der Waals surface area (Å²) in [6.45, 7) is 3.90. The molecular formula is C26H26ClFN6O2. The van der Waals surface area contributed by atoms with E-state index in [0.29, 0.717) is 28.2 Å². The molecule has 4 aromatic rings. The first-order valence-corrected chi connectivity index (χ1v) is 12.5. The van der Waals surface area contributed by atoms with Crippen LogP contribution < -0.4 is 11.5 Å². The number of aromatic nitrogens is 4. The zero-order valence-corrected chi connectivity index (χ0v) is 20.7. The van der Waals surface area contributed by atoms with E-state index >= 15 is 4.39 Å². The predicted molar refractivity (Wildman–Crippen MR) is 135 cm³/mol. The largest absolute Gasteiger partial charge is 0.383 e. The summed E-state index contributed by atoms with van der Waals surface area (Å²) in [6.07, 6.45) is 6.32. The van der Waals surface area contributed by atoms with Gasteiger partial charge in [0.2, 0.25) is 0 Å². The van der Waals surface area contributed by atoms with Crippen molar-refractivity contribution in [1.82, 2.24) is 19.5 Å². The fourth-order valence-corrected chi connectivity index (χ4v) is 7.10. The molecule has 0 amide bonds. The van der Waals surface area contributed by atoms with E-state index in [-0.39, 0.29) is 40.3 Å². The standard InChI is InChI=1S/C26H26ClFN6O2/c1-24(2)35-19-20(36-24)26(34-8-6-15-21(29)31-12-32-23(15)34)10-25(19,11-26)7-5-13-3-4-14-9-16(27)22(30)33-18(14)17(13)28/h3-4,6,8-9,12,19-20H,5,7,10-11H2,1-2H3,(H2,30,33)(H2,29,31,32)/t19-,20+,25?,26?/m0/s1. The number of nitrogens with zero attached hydrogens (tertiary/aromatic N) is 4. The summed E-state index contributed by atoms with van der Waals surface area (Å²) in [4.78, 5) is 12.9. The molecule has 36 heavy (non-hydrogen) atoms. The van der Waals surface area contributed by atoms with E-state index in [2.05, 4.69) is 19.5 Å². The summed E-state index contributed by atoms with van der Waals surface area (Å²) in [6, 6.07) is 7.27. The Hall–Kier alpha value is -3.01. The number of nitrogen functional groups attached to an aromatic ring is 2. The molecule has 8 nitrogen and oxygen atoms in total. The lowest BCUT2D eigenvalue weighted by molar-refractivity contribution is -0.204. The van der Waals surface area contributed by atoms with Gasteiger partial charge in [0.1, 0.15) is 35.2 Å². The first-order valence-electron chi connectivity index (χ1n) is 12.1. The minimum atomic E-state index is -0.696. The Kier molecular flexibility index (Phi) is 4.35. The van der Waals surface area contributed by atoms with Crippen molar-refractivity contribution in [3.8, 4) is 0 Å². The van der Waals surface area contributed by atoms with Crippen LogP contribution in [0.5, 0.6) is 0 Å². The first kappa shape index (κ1) is 22.2. The van der Waals surface area contributed by atoms with Gasteiger partial charge in [0.05, 0.1) is 22.1 Å². The molecule has 0 radical (unpaired) electrons. The molecule has 0 spiro atoms. The molecule has 8 rings (SSSR count). The molecule has 3 saturated carbocycles. The van der Waals surface area contributed by atoms with Gasteiger partial charge in [0.15, 0.2) is 11.6 Å². The number of pyridine rings is 1. The Labute approximate surface area is 211 Å². The minimum absolute atomic E-state index is 0.0970. The molecule has 1 aromatic carbocycles. The van der Waals surface area contributed by atoms with Gasteiger partial charge in [-0.3, -0.25) is 0 Å². The Morgan fingerprint density at radius 1 is 1.11 bits per heavy atom. The predicted octanol–water partition coefficient (Wildman–Crippen LogP) is 4.58. The molecule has 4 fully saturated rings. The van der Waals surface area contributed by atoms with E-state index in [1.165, 1.54) is 6.33 Å². The van der Waals surface area contributed by atoms with Gasteiger partial charge >= 0.3 is 0 Å². The number of hydrogen-bond donors (Lipinski definition) is 2. The second-order valence-electron chi connectivity index (χ2n) is 10.9. The molecule has 4 N–H and O–H groups in total. The van der Waals surface area contributed by atoms with Crippen LogP contribution in [-0.2, 0) is 21.4 Å². The third-order valence-electron chi connectivity index (χ3n) is 8.42. The SMILES string of the molecule is CC1(C)O[C@@H]2[C@H](O1)C1(CCc3ccc4cc(Cl)c(N)nc4c3F)CC2(n2ccc3c(N)ncnc32)C1. The highest BCUT2D eigenvalue weighted by Crippen LogP contribution is 2.71. The van der Waals surface area contributed by atoms with Gasteiger partial charge < -0.3 is 25.5 Å². The highest BCUT2D eigenvalue weighted by atomic mass is 35.5. The Morgan fingerprint density at radius 2 is 1.89 bits per heavy atom. The van der Waals surface area contributed by atoms with Crippen molar-refractivity contribution in [3.05, 3.63) is 53.2 Å². The number of benzene rings is 1. The zero-order chi connectivity index (χ0) is 25.0. The van der Waals surface area contributed by atoms with E-state index in [1.54, 1.807) is 6.07 Å². The number of hydrogen-bond acceptors (Lipinski definition) is 7. The normalized spacial score (nSPS) is 30.1. The second kappa shape index (κ2) is 7.06. The van der Waals surface area contributed by atoms with Crippen LogP contribution in [-0.4, -0.2) is 37.5 Å². The first-order chi connectivity index (χ1) is 17.1. The summed E-state index contributed by atoms with van der Waals surface area (Å²) in [7, 11) is 0. The molecule has 4 aliphatic rings. The fraction of sp³-hybridized carbons (Fsp3) is 0.423. The average molecular weight is 509 g/mol. The highest BCUT2D eigenvalue weighted by Gasteiger charge is 2.77. The molecule has 1 saturated heterocycles. The molecule has 0 unspecified atom stereocenters. The molecule has 10 heteroatoms. The molecule has 3 aromatic heterocycles. The van der Waals surface area contributed by atoms with Crippen molar-refractivity contribution < 1.29 is 13.9 Å². The van der Waals surface area contributed by atoms with Gasteiger partial charge in [-0.15, -0.1) is 0 Å². The van der Waals surface area contributed by atoms with E-state index < -0.39 is 5.79 Å². The van der Waals surface area contributed by atoms with Crippen molar-refractivity contribution >= 4 is 45.2 Å². The van der Waals surface area contributed by atoms with Crippen LogP contribution in [0.2, 0.25) is 5.02 Å². The van der Waals surface area contributed by atoms with Crippen molar-refractivity contribution in [2.24, 2.45) is 5.41 Å². The minimum Gasteiger partial charge on any atom is -0.383 e. The van der Waals surface area contributed by atoms with Gasteiger partial charge in [-0.1, -0.05) is 23.7 Å². The second-order valence-corrected chi connectivity index (χ2v) is 11.4. The lowest BCUT2D eigenvalue weighted by Gasteiger charge is -2.51. The van der Waals surface area contributed by atoms with Gasteiger partial charge in [0.25, 0.3) is 0 Å². The molecule has 4 heterocycles. The third-order valence-corrected chi connectivity index (χ3v) is 8.72. The van der Waals surface area contributed by atoms with Crippen LogP contribution in [0, 0.1) is 11.2 Å². The molecule has 186 valence electrons. The molecule has 2 bridgehead atoms. The molecule has 1 aliphatic heterocycles. The number of nitrogens with two attached hydrogens (primary N) is 2. The Balaban J connectivity index is 1.23. The Morgan fingerprint density at radius 3 is 2.69 bits per heavy atom. The number of halogens is 2. The Bertz CT molecular complexity index is 1560. The maximum Gasteiger partial charge on any atom is 0.163 e. The average Bonchev–Trinajstić information content (AvgIpc) is 3.49. The summed E-state index contributed by atoms with van der Waals surface area (Å²) in [5.41, 5.74) is 13.2. The smallest absolute Gasteiger partial charge is 0.163 e. The van der Waals surface area contributed by atoms with Crippen molar-refractivity contribution in [3.63, 3.8) is 0 Å². The quantitative estimate of drug-likeness (QED) is 0.414. The lowest BCUT2D eigenvalue weighted by atomic mass is 9.61. The zero-order valence-electron chi connectivity index (χ0n) is 20.0. The van der Waals surface area contributed by atoms with Crippen molar-refractivity contribution in [2.75, 3.05) is 11.5 Å². The number of ether oxygens (including phenoxy) is 2. The van der Waals surface area contributed by atoms with E-state index in [9.17, 15) is 0 Å². The highest BCUT2D eigenvalue weighted by molar-refractivity contribution is 6.33. The van der Waals surface area contributed by atoms with E-state index in [1.807, 2.05) is 38.2 Å². The number of rotatable bonds is 4. The van der Waals surface area contributed by atoms with Crippen molar-refractivity contribution in [1.29, 1.82) is 0 Å². The number of fused-ring (bicyclic) bond motifs is 2. The lowest BCUT2D eigenvalue weighted by Crippen LogP contribution is -2.52. The van der Waals surface area contributed by atoms with Crippen LogP contribution >= 0.6 is 11.6 Å². The van der Waals surface area contributed by atoms with Gasteiger partial charge in [-0.2, -0.15) is 0 Å². The fourth-order valence-electron chi connectivity index (χ4n) is 6.94. The van der Waals surface area contributed by atoms with E-state index in [0.717, 1.165) is 30.3 Å². The number of aryl methyl sites for hydroxylation is 1. The number of anilines is 2. The van der Waals surface area contributed by atoms with E-state index in [4.69, 9.17) is 32.5 Å². The van der Waals surface area contributed by atoms with Crippen LogP contribution in [0.1, 0.15) is 38.7 Å². The summed E-state index contributed by atoms with van der Waals surface area (Å²) >= 11 is 6.07. The molecule has 2 atom stereocenters. The maximum absolute atomic E-state index is 15.4. The maximum atomic E-state index is 15.4. The van der Waals surface area contributed by atoms with Gasteiger partial charge in [-0.05, 0) is 57.2 Å². The van der Waals surface area contributed by atoms with Crippen LogP contribution in [0.3, 0.4) is 0 Å². The molecule has 3 aliphatic carbocycles. The topological polar surface area (TPSA) is 114 Å². The summed E-state index contributed by atoms with van der Waals surface area (Å²) in [5, 5.41) is 1.78. The van der Waals surface area contributed by atoms with Gasteiger partial charge in [0, 0.05) is 17.0 Å². The van der Waals surface area contributed by atoms with Gasteiger partial charge in [-0.25, -0.2) is 19.3 Å². The molecular weight excluding hydrogens is 483 g/mol. The summed E-state index contributed by atoms with van der Waals surface area (Å²) < 4.78 is 30.6. The van der Waals surface area contributed by atoms with Crippen molar-refractivity contribution in [2.45, 2.75) is 63.1 Å². The van der Waals surface area contributed by atoms with Crippen LogP contribution in [0.4, 0.5) is 16.0 Å². The van der Waals surface area contributed by atoms with Crippen LogP contribution in [0.15, 0.2) is 36.8 Å². The monoisotopic (exact) mass is 508 g/mol. The van der Waals surface area contributed by atoms with Crippen LogP contribution in [0.25, 0.3) is 21.9 Å². The third kappa shape index (κ3) is 2.84. The summed E-state index contributed by atoms with van der Waals surface area (Å²) in [5.74, 6) is -0.455.